The Labute approximate surface area is 90.4 Å². The van der Waals surface area contributed by atoms with E-state index in [0.717, 1.165) is 0 Å². The van der Waals surface area contributed by atoms with Gasteiger partial charge in [-0.2, -0.15) is 13.2 Å². The summed E-state index contributed by atoms with van der Waals surface area (Å²) in [4.78, 5) is 10.0. The molecule has 0 N–H and O–H groups in total. The van der Waals surface area contributed by atoms with E-state index < -0.39 is 29.0 Å². The van der Waals surface area contributed by atoms with Gasteiger partial charge < -0.3 is 9.52 Å². The van der Waals surface area contributed by atoms with Crippen LogP contribution >= 0.6 is 0 Å². The zero-order valence-corrected chi connectivity index (χ0v) is 8.15. The molecule has 0 unspecified atom stereocenters. The fraction of sp³-hybridized carbons (Fsp3) is 0.750. The van der Waals surface area contributed by atoms with Crippen LogP contribution in [0.3, 0.4) is 0 Å². The first-order valence-electron chi connectivity index (χ1n) is 2.92. The van der Waals surface area contributed by atoms with Crippen molar-refractivity contribution < 1.29 is 49.4 Å². The van der Waals surface area contributed by atoms with Gasteiger partial charge in [-0.15, -0.1) is 0 Å². The number of alkyl halides is 3. The third-order valence-electron chi connectivity index (χ3n) is 0.704. The summed E-state index contributed by atoms with van der Waals surface area (Å²) in [5.74, 6) is -2.71. The van der Waals surface area contributed by atoms with Gasteiger partial charge in [0.2, 0.25) is 10.3 Å². The summed E-state index contributed by atoms with van der Waals surface area (Å²) in [5, 5.41) is 0. The van der Waals surface area contributed by atoms with Gasteiger partial charge >= 0.3 is 25.0 Å². The monoisotopic (exact) mass is 227 g/mol. The number of carbonyl (C=O) groups excluding carboxylic acids is 1. The third kappa shape index (κ3) is 6.26. The molecule has 0 heterocycles. The van der Waals surface area contributed by atoms with E-state index >= 15 is 0 Å². The number of nitrogens with zero attached hydrogens (tertiary/aromatic N) is 1. The Morgan fingerprint density at radius 3 is 2.14 bits per heavy atom. The molecule has 0 aliphatic carbocycles. The van der Waals surface area contributed by atoms with Gasteiger partial charge in [-0.25, -0.2) is 8.42 Å². The van der Waals surface area contributed by atoms with Gasteiger partial charge in [0.15, 0.2) is 5.91 Å². The minimum absolute atomic E-state index is 0. The van der Waals surface area contributed by atoms with Crippen LogP contribution in [0, 0.1) is 0 Å². The van der Waals surface area contributed by atoms with Crippen LogP contribution in [0.25, 0.3) is 4.72 Å². The molecular weight excluding hydrogens is 222 g/mol. The Morgan fingerprint density at radius 1 is 1.43 bits per heavy atom. The van der Waals surface area contributed by atoms with E-state index in [9.17, 15) is 26.4 Å². The summed E-state index contributed by atoms with van der Waals surface area (Å²) in [7, 11) is -4.76. The largest absolute Gasteiger partial charge is 1.00 e. The number of halogens is 3. The molecule has 5 nitrogen and oxygen atoms in total. The maximum Gasteiger partial charge on any atom is 1.00 e. The standard InChI is InChI=1S/C4H6F3NO4S.Li/c1-2-12-13(10,11)8-3(9)4(5,6)7;/h2H2,1H3,(H,8,9);/q;+1/p-1. The van der Waals surface area contributed by atoms with Crippen molar-refractivity contribution >= 4 is 16.2 Å². The Kier molecular flexibility index (Phi) is 6.48. The first-order valence-corrected chi connectivity index (χ1v) is 4.29. The molecule has 0 radical (unpaired) electrons. The average molecular weight is 227 g/mol. The van der Waals surface area contributed by atoms with Gasteiger partial charge in [0.25, 0.3) is 0 Å². The van der Waals surface area contributed by atoms with Gasteiger partial charge in [0.05, 0.1) is 6.61 Å². The minimum atomic E-state index is -5.30. The van der Waals surface area contributed by atoms with Crippen LogP contribution in [0.4, 0.5) is 13.2 Å². The second kappa shape index (κ2) is 5.60. The van der Waals surface area contributed by atoms with Crippen LogP contribution in [-0.2, 0) is 19.3 Å². The molecule has 0 aromatic rings. The normalized spacial score (nSPS) is 11.7. The zero-order valence-electron chi connectivity index (χ0n) is 7.33. The third-order valence-corrected chi connectivity index (χ3v) is 1.63. The molecule has 0 rings (SSSR count). The molecule has 1 amide bonds. The van der Waals surface area contributed by atoms with Crippen molar-refractivity contribution in [1.82, 2.24) is 0 Å². The maximum atomic E-state index is 11.5. The number of carbonyl (C=O) groups is 1. The first-order chi connectivity index (χ1) is 5.69. The van der Waals surface area contributed by atoms with Gasteiger partial charge in [0.1, 0.15) is 0 Å². The van der Waals surface area contributed by atoms with E-state index in [0.29, 0.717) is 0 Å². The molecule has 0 aromatic heterocycles. The van der Waals surface area contributed by atoms with Crippen molar-refractivity contribution in [3.8, 4) is 0 Å². The first kappa shape index (κ1) is 16.2. The molecular formula is C4H5F3LiNO4S. The molecule has 0 bridgehead atoms. The zero-order chi connectivity index (χ0) is 10.7. The Balaban J connectivity index is 0. The minimum Gasteiger partial charge on any atom is -0.515 e. The average Bonchev–Trinajstić information content (AvgIpc) is 1.83. The number of rotatable bonds is 3. The molecule has 0 fully saturated rings. The predicted octanol–water partition coefficient (Wildman–Crippen LogP) is -2.27. The smallest absolute Gasteiger partial charge is 0.515 e. The molecule has 0 saturated heterocycles. The van der Waals surface area contributed by atoms with Crippen molar-refractivity contribution in [1.29, 1.82) is 0 Å². The molecule has 0 aliphatic heterocycles. The van der Waals surface area contributed by atoms with E-state index in [1.807, 2.05) is 4.72 Å². The van der Waals surface area contributed by atoms with E-state index in [2.05, 4.69) is 4.18 Å². The van der Waals surface area contributed by atoms with Gasteiger partial charge in [-0.1, -0.05) is 0 Å². The molecule has 10 heteroatoms. The van der Waals surface area contributed by atoms with E-state index in [4.69, 9.17) is 0 Å². The van der Waals surface area contributed by atoms with Crippen LogP contribution in [0.15, 0.2) is 0 Å². The number of hydrogen-bond donors (Lipinski definition) is 0. The topological polar surface area (TPSA) is 74.5 Å². The van der Waals surface area contributed by atoms with Gasteiger partial charge in [-0.05, 0) is 6.92 Å². The summed E-state index contributed by atoms with van der Waals surface area (Å²) in [5.41, 5.74) is 0. The molecule has 14 heavy (non-hydrogen) atoms. The van der Waals surface area contributed by atoms with Crippen LogP contribution in [0.2, 0.25) is 0 Å². The molecule has 78 valence electrons. The second-order valence-electron chi connectivity index (χ2n) is 1.73. The summed E-state index contributed by atoms with van der Waals surface area (Å²) >= 11 is 0. The summed E-state index contributed by atoms with van der Waals surface area (Å²) in [6, 6.07) is 0. The second-order valence-corrected chi connectivity index (χ2v) is 3.00. The quantitative estimate of drug-likeness (QED) is 0.510. The number of amides is 1. The van der Waals surface area contributed by atoms with E-state index in [1.54, 1.807) is 0 Å². The van der Waals surface area contributed by atoms with Gasteiger partial charge in [0, 0.05) is 0 Å². The molecule has 0 aliphatic rings. The SMILES string of the molecule is CCOS(=O)(=O)[N-]C(=O)C(F)(F)F.[Li+]. The summed E-state index contributed by atoms with van der Waals surface area (Å²) in [6.07, 6.45) is -5.30. The van der Waals surface area contributed by atoms with Crippen molar-refractivity contribution in [2.45, 2.75) is 13.1 Å². The van der Waals surface area contributed by atoms with Crippen LogP contribution in [0.5, 0.6) is 0 Å². The van der Waals surface area contributed by atoms with Crippen LogP contribution < -0.4 is 18.9 Å². The predicted molar refractivity (Wildman–Crippen MR) is 35.0 cm³/mol. The molecule has 0 aromatic carbocycles. The molecule has 0 spiro atoms. The van der Waals surface area contributed by atoms with Crippen LogP contribution in [0.1, 0.15) is 6.92 Å². The molecule has 0 atom stereocenters. The maximum absolute atomic E-state index is 11.5. The van der Waals surface area contributed by atoms with Crippen molar-refractivity contribution in [2.24, 2.45) is 0 Å². The van der Waals surface area contributed by atoms with Crippen LogP contribution in [-0.4, -0.2) is 27.1 Å². The Hall–Kier alpha value is -0.233. The van der Waals surface area contributed by atoms with Crippen molar-refractivity contribution in [3.05, 3.63) is 4.72 Å². The number of hydrogen-bond acceptors (Lipinski definition) is 4. The van der Waals surface area contributed by atoms with E-state index in [1.165, 1.54) is 6.92 Å². The van der Waals surface area contributed by atoms with E-state index in [-0.39, 0.29) is 18.9 Å². The summed E-state index contributed by atoms with van der Waals surface area (Å²) < 4.78 is 60.8. The fourth-order valence-corrected chi connectivity index (χ4v) is 0.986. The summed E-state index contributed by atoms with van der Waals surface area (Å²) in [6.45, 7) is 0.835. The Bertz CT molecular complexity index is 287. The van der Waals surface area contributed by atoms with Crippen molar-refractivity contribution in [2.75, 3.05) is 6.61 Å². The van der Waals surface area contributed by atoms with Gasteiger partial charge in [-0.3, -0.25) is 4.18 Å². The molecule has 0 saturated carbocycles. The fourth-order valence-electron chi connectivity index (χ4n) is 0.329. The Morgan fingerprint density at radius 2 is 1.86 bits per heavy atom. The van der Waals surface area contributed by atoms with Crippen molar-refractivity contribution in [3.63, 3.8) is 0 Å².